The summed E-state index contributed by atoms with van der Waals surface area (Å²) in [6.45, 7) is -0.613. The van der Waals surface area contributed by atoms with E-state index < -0.39 is 36.5 Å². The predicted molar refractivity (Wildman–Crippen MR) is 97.4 cm³/mol. The van der Waals surface area contributed by atoms with Crippen molar-refractivity contribution in [2.24, 2.45) is 0 Å². The third-order valence-corrected chi connectivity index (χ3v) is 4.00. The van der Waals surface area contributed by atoms with Gasteiger partial charge in [-0.05, 0) is 23.8 Å². The highest BCUT2D eigenvalue weighted by atomic mass is 19.4. The molecule has 1 aromatic heterocycles. The molecule has 0 aliphatic heterocycles. The molecule has 0 aliphatic carbocycles. The number of carbonyl (C=O) groups excluding carboxylic acids is 1. The standard InChI is InChI=1S/C20H14F3N3O3/c21-20(22,23)13-5-3-4-12(8-13)9-18(28)29-11-17(27)14(10-24)19-25-15-6-1-2-7-16(15)26-19/h1-8,27H,9,11H2,(H,25,26)/b17-14-. The van der Waals surface area contributed by atoms with Crippen LogP contribution in [0.15, 0.2) is 54.3 Å². The zero-order chi connectivity index (χ0) is 21.0. The minimum absolute atomic E-state index is 0.111. The Kier molecular flexibility index (Phi) is 5.54. The summed E-state index contributed by atoms with van der Waals surface area (Å²) in [5.41, 5.74) is 0.288. The van der Waals surface area contributed by atoms with Crippen LogP contribution in [0.3, 0.4) is 0 Å². The van der Waals surface area contributed by atoms with E-state index in [1.54, 1.807) is 30.3 Å². The van der Waals surface area contributed by atoms with Gasteiger partial charge in [0.1, 0.15) is 18.2 Å². The van der Waals surface area contributed by atoms with E-state index in [-0.39, 0.29) is 17.0 Å². The van der Waals surface area contributed by atoms with Crippen molar-refractivity contribution < 1.29 is 27.8 Å². The van der Waals surface area contributed by atoms with Crippen LogP contribution in [0, 0.1) is 11.3 Å². The number of aromatic amines is 1. The lowest BCUT2D eigenvalue weighted by molar-refractivity contribution is -0.143. The first-order chi connectivity index (χ1) is 13.8. The van der Waals surface area contributed by atoms with Gasteiger partial charge in [0.05, 0.1) is 23.0 Å². The molecule has 0 saturated heterocycles. The average molecular weight is 401 g/mol. The number of alkyl halides is 3. The van der Waals surface area contributed by atoms with Crippen LogP contribution in [0.25, 0.3) is 16.6 Å². The first-order valence-electron chi connectivity index (χ1n) is 8.37. The number of halogens is 3. The van der Waals surface area contributed by atoms with Crippen molar-refractivity contribution in [1.29, 1.82) is 5.26 Å². The summed E-state index contributed by atoms with van der Waals surface area (Å²) in [6.07, 6.45) is -4.93. The molecule has 0 saturated carbocycles. The SMILES string of the molecule is N#C/C(=C(/O)COC(=O)Cc1cccc(C(F)(F)F)c1)c1nc2ccccc2[nH]1. The van der Waals surface area contributed by atoms with Crippen LogP contribution in [0.2, 0.25) is 0 Å². The minimum Gasteiger partial charge on any atom is -0.507 e. The van der Waals surface area contributed by atoms with Crippen LogP contribution in [0.5, 0.6) is 0 Å². The highest BCUT2D eigenvalue weighted by Crippen LogP contribution is 2.29. The fourth-order valence-corrected chi connectivity index (χ4v) is 2.62. The van der Waals surface area contributed by atoms with Gasteiger partial charge in [-0.15, -0.1) is 0 Å². The molecule has 2 N–H and O–H groups in total. The van der Waals surface area contributed by atoms with Gasteiger partial charge in [0.15, 0.2) is 11.6 Å². The van der Waals surface area contributed by atoms with Crippen LogP contribution in [0.4, 0.5) is 13.2 Å². The molecule has 0 spiro atoms. The lowest BCUT2D eigenvalue weighted by Crippen LogP contribution is -2.12. The zero-order valence-corrected chi connectivity index (χ0v) is 14.8. The van der Waals surface area contributed by atoms with Gasteiger partial charge in [-0.3, -0.25) is 4.79 Å². The predicted octanol–water partition coefficient (Wildman–Crippen LogP) is 4.16. The number of fused-ring (bicyclic) bond motifs is 1. The molecular formula is C20H14F3N3O3. The number of esters is 1. The van der Waals surface area contributed by atoms with E-state index in [0.29, 0.717) is 11.0 Å². The molecule has 9 heteroatoms. The molecule has 3 aromatic rings. The number of carbonyl (C=O) groups is 1. The van der Waals surface area contributed by atoms with Crippen LogP contribution in [0.1, 0.15) is 17.0 Å². The molecule has 0 bridgehead atoms. The summed E-state index contributed by atoms with van der Waals surface area (Å²) in [5, 5.41) is 19.4. The van der Waals surface area contributed by atoms with E-state index >= 15 is 0 Å². The number of hydrogen-bond acceptors (Lipinski definition) is 5. The quantitative estimate of drug-likeness (QED) is 0.380. The minimum atomic E-state index is -4.52. The Morgan fingerprint density at radius 3 is 2.66 bits per heavy atom. The van der Waals surface area contributed by atoms with Gasteiger partial charge in [0.2, 0.25) is 0 Å². The molecule has 0 unspecified atom stereocenters. The molecule has 0 atom stereocenters. The maximum absolute atomic E-state index is 12.7. The maximum Gasteiger partial charge on any atom is 0.416 e. The summed E-state index contributed by atoms with van der Waals surface area (Å²) < 4.78 is 43.1. The first-order valence-corrected chi connectivity index (χ1v) is 8.37. The summed E-state index contributed by atoms with van der Waals surface area (Å²) in [6, 6.07) is 13.1. The Labute approximate surface area is 162 Å². The third kappa shape index (κ3) is 4.73. The summed E-state index contributed by atoms with van der Waals surface area (Å²) in [7, 11) is 0. The number of para-hydroxylation sites is 2. The van der Waals surface area contributed by atoms with Crippen LogP contribution < -0.4 is 0 Å². The van der Waals surface area contributed by atoms with Crippen molar-refractivity contribution in [2.45, 2.75) is 12.6 Å². The number of hydrogen-bond donors (Lipinski definition) is 2. The van der Waals surface area contributed by atoms with Crippen molar-refractivity contribution in [3.8, 4) is 6.07 Å². The van der Waals surface area contributed by atoms with Crippen LogP contribution >= 0.6 is 0 Å². The summed E-state index contributed by atoms with van der Waals surface area (Å²) >= 11 is 0. The van der Waals surface area contributed by atoms with Crippen molar-refractivity contribution in [1.82, 2.24) is 9.97 Å². The number of aromatic nitrogens is 2. The van der Waals surface area contributed by atoms with Crippen LogP contribution in [-0.4, -0.2) is 27.7 Å². The van der Waals surface area contributed by atoms with Gasteiger partial charge in [-0.1, -0.05) is 30.3 Å². The molecule has 0 aliphatic rings. The van der Waals surface area contributed by atoms with Crippen molar-refractivity contribution in [3.63, 3.8) is 0 Å². The highest BCUT2D eigenvalue weighted by molar-refractivity contribution is 5.83. The molecule has 1 heterocycles. The van der Waals surface area contributed by atoms with Gasteiger partial charge in [0.25, 0.3) is 0 Å². The van der Waals surface area contributed by atoms with E-state index in [0.717, 1.165) is 12.1 Å². The van der Waals surface area contributed by atoms with Crippen molar-refractivity contribution in [3.05, 3.63) is 71.2 Å². The number of aliphatic hydroxyl groups is 1. The average Bonchev–Trinajstić information content (AvgIpc) is 3.10. The second kappa shape index (κ2) is 8.06. The molecule has 148 valence electrons. The smallest absolute Gasteiger partial charge is 0.416 e. The summed E-state index contributed by atoms with van der Waals surface area (Å²) in [4.78, 5) is 19.0. The number of benzene rings is 2. The molecule has 2 aromatic carbocycles. The fourth-order valence-electron chi connectivity index (χ4n) is 2.62. The van der Waals surface area contributed by atoms with Gasteiger partial charge in [-0.25, -0.2) is 4.98 Å². The maximum atomic E-state index is 12.7. The van der Waals surface area contributed by atoms with E-state index in [9.17, 15) is 28.3 Å². The molecule has 0 radical (unpaired) electrons. The molecule has 6 nitrogen and oxygen atoms in total. The largest absolute Gasteiger partial charge is 0.507 e. The van der Waals surface area contributed by atoms with E-state index in [1.807, 2.05) is 0 Å². The first kappa shape index (κ1) is 19.9. The number of rotatable bonds is 5. The second-order valence-electron chi connectivity index (χ2n) is 6.07. The van der Waals surface area contributed by atoms with Gasteiger partial charge in [-0.2, -0.15) is 18.4 Å². The van der Waals surface area contributed by atoms with E-state index in [1.165, 1.54) is 12.1 Å². The number of nitrogens with one attached hydrogen (secondary N) is 1. The normalized spacial score (nSPS) is 12.3. The Morgan fingerprint density at radius 1 is 1.21 bits per heavy atom. The molecule has 0 fully saturated rings. The van der Waals surface area contributed by atoms with Crippen molar-refractivity contribution in [2.75, 3.05) is 6.61 Å². The number of nitrogens with zero attached hydrogens (tertiary/aromatic N) is 2. The van der Waals surface area contributed by atoms with E-state index in [2.05, 4.69) is 9.97 Å². The molecular weight excluding hydrogens is 387 g/mol. The fraction of sp³-hybridized carbons (Fsp3) is 0.150. The monoisotopic (exact) mass is 401 g/mol. The van der Waals surface area contributed by atoms with Crippen LogP contribution in [-0.2, 0) is 22.1 Å². The number of ether oxygens (including phenoxy) is 1. The second-order valence-corrected chi connectivity index (χ2v) is 6.07. The molecule has 3 rings (SSSR count). The Bertz CT molecular complexity index is 1090. The lowest BCUT2D eigenvalue weighted by atomic mass is 10.1. The van der Waals surface area contributed by atoms with Gasteiger partial charge >= 0.3 is 12.1 Å². The van der Waals surface area contributed by atoms with Crippen molar-refractivity contribution >= 4 is 22.6 Å². The number of imidazole rings is 1. The number of aliphatic hydroxyl groups excluding tert-OH is 1. The highest BCUT2D eigenvalue weighted by Gasteiger charge is 2.30. The third-order valence-electron chi connectivity index (χ3n) is 4.00. The van der Waals surface area contributed by atoms with Gasteiger partial charge in [0, 0.05) is 0 Å². The summed E-state index contributed by atoms with van der Waals surface area (Å²) in [5.74, 6) is -1.26. The number of nitriles is 1. The Hall–Kier alpha value is -3.80. The molecule has 0 amide bonds. The van der Waals surface area contributed by atoms with E-state index in [4.69, 9.17) is 4.74 Å². The number of H-pyrrole nitrogens is 1. The van der Waals surface area contributed by atoms with Gasteiger partial charge < -0.3 is 14.8 Å². The Balaban J connectivity index is 1.69. The molecule has 29 heavy (non-hydrogen) atoms. The zero-order valence-electron chi connectivity index (χ0n) is 14.8. The lowest BCUT2D eigenvalue weighted by Gasteiger charge is -2.09. The Morgan fingerprint density at radius 2 is 1.97 bits per heavy atom. The topological polar surface area (TPSA) is 99.0 Å². The number of allylic oxidation sites excluding steroid dienone is 1.